The van der Waals surface area contributed by atoms with Crippen LogP contribution in [-0.4, -0.2) is 47.4 Å². The summed E-state index contributed by atoms with van der Waals surface area (Å²) in [5.74, 6) is -0.751. The van der Waals surface area contributed by atoms with E-state index >= 15 is 0 Å². The van der Waals surface area contributed by atoms with E-state index in [1.165, 1.54) is 12.1 Å². The van der Waals surface area contributed by atoms with Crippen molar-refractivity contribution in [1.82, 2.24) is 9.88 Å². The minimum Gasteiger partial charge on any atom is -0.371 e. The van der Waals surface area contributed by atoms with Crippen LogP contribution in [0.1, 0.15) is 36.0 Å². The minimum absolute atomic E-state index is 0.116. The van der Waals surface area contributed by atoms with Crippen molar-refractivity contribution >= 4 is 17.5 Å². The van der Waals surface area contributed by atoms with Crippen molar-refractivity contribution in [2.45, 2.75) is 37.9 Å². The van der Waals surface area contributed by atoms with Crippen molar-refractivity contribution in [2.75, 3.05) is 24.5 Å². The van der Waals surface area contributed by atoms with Crippen molar-refractivity contribution in [3.8, 4) is 6.07 Å². The van der Waals surface area contributed by atoms with Crippen molar-refractivity contribution < 1.29 is 22.8 Å². The Bertz CT molecular complexity index is 1120. The molecule has 2 aliphatic rings. The Kier molecular flexibility index (Phi) is 6.21. The van der Waals surface area contributed by atoms with Crippen molar-refractivity contribution in [1.29, 1.82) is 5.26 Å². The van der Waals surface area contributed by atoms with E-state index in [1.807, 2.05) is 4.90 Å². The maximum atomic E-state index is 13.4. The molecule has 178 valence electrons. The highest BCUT2D eigenvalue weighted by Crippen LogP contribution is 2.45. The number of piperidine rings is 1. The lowest BCUT2D eigenvalue weighted by atomic mass is 9.76. The van der Waals surface area contributed by atoms with Gasteiger partial charge in [0.25, 0.3) is 0 Å². The van der Waals surface area contributed by atoms with Crippen molar-refractivity contribution in [3.05, 3.63) is 59.4 Å². The van der Waals surface area contributed by atoms with Crippen LogP contribution in [-0.2, 0) is 22.2 Å². The topological polar surface area (TPSA) is 103 Å². The number of likely N-dealkylation sites (tertiary alicyclic amines) is 1. The molecule has 34 heavy (non-hydrogen) atoms. The van der Waals surface area contributed by atoms with Gasteiger partial charge in [0.1, 0.15) is 6.04 Å². The molecule has 2 fully saturated rings. The predicted molar refractivity (Wildman–Crippen MR) is 117 cm³/mol. The summed E-state index contributed by atoms with van der Waals surface area (Å²) in [6.07, 6.45) is 0.372. The molecule has 1 atom stereocenters. The van der Waals surface area contributed by atoms with Gasteiger partial charge in [-0.1, -0.05) is 6.07 Å². The van der Waals surface area contributed by atoms with E-state index in [4.69, 9.17) is 11.0 Å². The smallest absolute Gasteiger partial charge is 0.371 e. The van der Waals surface area contributed by atoms with Gasteiger partial charge in [-0.15, -0.1) is 0 Å². The zero-order chi connectivity index (χ0) is 24.5. The number of rotatable bonds is 4. The summed E-state index contributed by atoms with van der Waals surface area (Å²) in [7, 11) is 0. The highest BCUT2D eigenvalue weighted by molar-refractivity contribution is 5.88. The van der Waals surface area contributed by atoms with Crippen LogP contribution >= 0.6 is 0 Å². The number of carbonyl (C=O) groups is 2. The average molecular weight is 471 g/mol. The first kappa shape index (κ1) is 23.5. The Labute approximate surface area is 195 Å². The average Bonchev–Trinajstić information content (AvgIpc) is 3.19. The molecular weight excluding hydrogens is 447 g/mol. The molecule has 1 aromatic heterocycles. The largest absolute Gasteiger partial charge is 0.417 e. The minimum atomic E-state index is -4.62. The van der Waals surface area contributed by atoms with Gasteiger partial charge in [-0.2, -0.15) is 18.4 Å². The molecule has 0 saturated carbocycles. The summed E-state index contributed by atoms with van der Waals surface area (Å²) in [5.41, 5.74) is 5.09. The summed E-state index contributed by atoms with van der Waals surface area (Å²) >= 11 is 0. The quantitative estimate of drug-likeness (QED) is 0.739. The molecule has 2 aliphatic heterocycles. The number of amides is 2. The van der Waals surface area contributed by atoms with Crippen LogP contribution in [0.4, 0.5) is 18.9 Å². The van der Waals surface area contributed by atoms with Gasteiger partial charge in [0.05, 0.1) is 23.6 Å². The molecule has 1 spiro atoms. The van der Waals surface area contributed by atoms with Gasteiger partial charge >= 0.3 is 6.18 Å². The van der Waals surface area contributed by atoms with Gasteiger partial charge in [0.2, 0.25) is 11.8 Å². The molecule has 2 N–H and O–H groups in total. The lowest BCUT2D eigenvalue weighted by Gasteiger charge is -2.40. The van der Waals surface area contributed by atoms with Gasteiger partial charge in [-0.25, -0.2) is 0 Å². The number of nitriles is 1. The van der Waals surface area contributed by atoms with Crippen LogP contribution in [0.2, 0.25) is 0 Å². The van der Waals surface area contributed by atoms with Crippen LogP contribution in [0.5, 0.6) is 0 Å². The van der Waals surface area contributed by atoms with Crippen LogP contribution in [0.3, 0.4) is 0 Å². The van der Waals surface area contributed by atoms with E-state index in [-0.39, 0.29) is 17.7 Å². The molecule has 2 amide bonds. The van der Waals surface area contributed by atoms with Crippen molar-refractivity contribution in [2.24, 2.45) is 11.1 Å². The van der Waals surface area contributed by atoms with Gasteiger partial charge in [-0.05, 0) is 54.5 Å². The first-order valence-electron chi connectivity index (χ1n) is 11.0. The van der Waals surface area contributed by atoms with Gasteiger partial charge in [-0.3, -0.25) is 14.6 Å². The Morgan fingerprint density at radius 2 is 1.97 bits per heavy atom. The first-order chi connectivity index (χ1) is 16.1. The number of nitrogens with two attached hydrogens (primary N) is 1. The Balaban J connectivity index is 1.48. The van der Waals surface area contributed by atoms with Crippen LogP contribution in [0.15, 0.2) is 42.7 Å². The lowest BCUT2D eigenvalue weighted by molar-refractivity contribution is -0.137. The molecule has 2 aromatic rings. The van der Waals surface area contributed by atoms with Crippen molar-refractivity contribution in [3.63, 3.8) is 0 Å². The zero-order valence-electron chi connectivity index (χ0n) is 18.4. The number of hydrogen-bond donors (Lipinski definition) is 1. The summed E-state index contributed by atoms with van der Waals surface area (Å²) in [5, 5.41) is 9.02. The molecule has 0 bridgehead atoms. The first-order valence-corrected chi connectivity index (χ1v) is 11.0. The van der Waals surface area contributed by atoms with Crippen LogP contribution in [0.25, 0.3) is 0 Å². The zero-order valence-corrected chi connectivity index (χ0v) is 18.4. The molecule has 4 rings (SSSR count). The van der Waals surface area contributed by atoms with Gasteiger partial charge in [0, 0.05) is 37.7 Å². The maximum Gasteiger partial charge on any atom is 0.417 e. The fourth-order valence-electron chi connectivity index (χ4n) is 5.01. The molecule has 7 nitrogen and oxygen atoms in total. The summed E-state index contributed by atoms with van der Waals surface area (Å²) < 4.78 is 40.1. The fourth-order valence-corrected chi connectivity index (χ4v) is 5.01. The third kappa shape index (κ3) is 4.69. The number of halogens is 3. The van der Waals surface area contributed by atoms with E-state index in [1.54, 1.807) is 35.5 Å². The third-order valence-corrected chi connectivity index (χ3v) is 6.85. The number of carbonyl (C=O) groups excluding carboxylic acids is 2. The molecule has 10 heteroatoms. The molecule has 1 aromatic carbocycles. The summed E-state index contributed by atoms with van der Waals surface area (Å²) in [4.78, 5) is 32.5. The standard InChI is InChI=1S/C24H24F3N5O2/c25-24(26,27)19-11-18(4-3-17(19)13-28)31-8-5-23(6-9-31)12-20(22(29)34)32(15-23)21(33)10-16-2-1-7-30-14-16/h1-4,7,11,14,20H,5-6,8-10,12,15H2,(H2,29,34). The van der Waals surface area contributed by atoms with E-state index < -0.39 is 29.3 Å². The number of aromatic nitrogens is 1. The van der Waals surface area contributed by atoms with E-state index in [0.29, 0.717) is 44.6 Å². The highest BCUT2D eigenvalue weighted by Gasteiger charge is 2.49. The molecule has 1 unspecified atom stereocenters. The number of nitrogens with zero attached hydrogens (tertiary/aromatic N) is 4. The molecule has 3 heterocycles. The second-order valence-electron chi connectivity index (χ2n) is 9.01. The maximum absolute atomic E-state index is 13.4. The highest BCUT2D eigenvalue weighted by atomic mass is 19.4. The normalized spacial score (nSPS) is 19.8. The second kappa shape index (κ2) is 8.97. The van der Waals surface area contributed by atoms with E-state index in [2.05, 4.69) is 4.98 Å². The number of hydrogen-bond acceptors (Lipinski definition) is 5. The Morgan fingerprint density at radius 1 is 1.24 bits per heavy atom. The van der Waals surface area contributed by atoms with Crippen LogP contribution in [0, 0.1) is 16.7 Å². The third-order valence-electron chi connectivity index (χ3n) is 6.85. The summed E-state index contributed by atoms with van der Waals surface area (Å²) in [6.45, 7) is 1.33. The van der Waals surface area contributed by atoms with E-state index in [0.717, 1.165) is 11.6 Å². The van der Waals surface area contributed by atoms with Crippen LogP contribution < -0.4 is 10.6 Å². The molecular formula is C24H24F3N5O2. The molecule has 0 aliphatic carbocycles. The number of anilines is 1. The van der Waals surface area contributed by atoms with E-state index in [9.17, 15) is 22.8 Å². The SMILES string of the molecule is N#Cc1ccc(N2CCC3(CC2)CC(C(N)=O)N(C(=O)Cc2cccnc2)C3)cc1C(F)(F)F. The van der Waals surface area contributed by atoms with Gasteiger partial charge < -0.3 is 15.5 Å². The fraction of sp³-hybridized carbons (Fsp3) is 0.417. The monoisotopic (exact) mass is 471 g/mol. The Morgan fingerprint density at radius 3 is 2.56 bits per heavy atom. The molecule has 0 radical (unpaired) electrons. The summed E-state index contributed by atoms with van der Waals surface area (Å²) in [6, 6.07) is 8.16. The number of pyridine rings is 1. The lowest BCUT2D eigenvalue weighted by Crippen LogP contribution is -2.45. The van der Waals surface area contributed by atoms with Gasteiger partial charge in [0.15, 0.2) is 0 Å². The number of benzene rings is 1. The number of primary amides is 1. The number of alkyl halides is 3. The Hall–Kier alpha value is -3.61. The second-order valence-corrected chi connectivity index (χ2v) is 9.01. The molecule has 2 saturated heterocycles. The predicted octanol–water partition coefficient (Wildman–Crippen LogP) is 2.89.